The highest BCUT2D eigenvalue weighted by molar-refractivity contribution is 5.49. The van der Waals surface area contributed by atoms with E-state index in [2.05, 4.69) is 36.2 Å². The molecule has 0 aromatic heterocycles. The molecule has 3 aliphatic rings. The highest BCUT2D eigenvalue weighted by Crippen LogP contribution is 2.47. The van der Waals surface area contributed by atoms with Crippen LogP contribution in [0.1, 0.15) is 45.1 Å². The summed E-state index contributed by atoms with van der Waals surface area (Å²) in [5.74, 6) is 2.41. The average molecular weight is 357 g/mol. The van der Waals surface area contributed by atoms with Gasteiger partial charge in [-0.3, -0.25) is 0 Å². The Balaban J connectivity index is 1.68. The Morgan fingerprint density at radius 3 is 2.81 bits per heavy atom. The molecule has 1 aliphatic heterocycles. The largest absolute Gasteiger partial charge is 0.489 e. The van der Waals surface area contributed by atoms with E-state index in [0.29, 0.717) is 12.0 Å². The second-order valence-corrected chi connectivity index (χ2v) is 8.53. The molecule has 1 N–H and O–H groups in total. The second-order valence-electron chi connectivity index (χ2n) is 8.53. The summed E-state index contributed by atoms with van der Waals surface area (Å²) in [5, 5.41) is 10.1. The first-order valence-electron chi connectivity index (χ1n) is 9.99. The topological polar surface area (TPSA) is 41.9 Å². The molecule has 4 nitrogen and oxygen atoms in total. The predicted molar refractivity (Wildman–Crippen MR) is 103 cm³/mol. The van der Waals surface area contributed by atoms with E-state index < -0.39 is 0 Å². The molecule has 1 aromatic rings. The third kappa shape index (κ3) is 3.37. The summed E-state index contributed by atoms with van der Waals surface area (Å²) in [7, 11) is 2.17. The van der Waals surface area contributed by atoms with Crippen LogP contribution in [-0.2, 0) is 5.41 Å². The van der Waals surface area contributed by atoms with Gasteiger partial charge in [-0.25, -0.2) is 0 Å². The van der Waals surface area contributed by atoms with Crippen LogP contribution in [0.4, 0.5) is 0 Å². The monoisotopic (exact) mass is 357 g/mol. The van der Waals surface area contributed by atoms with Crippen molar-refractivity contribution in [2.45, 2.75) is 63.2 Å². The first kappa shape index (κ1) is 17.9. The van der Waals surface area contributed by atoms with Crippen molar-refractivity contribution in [2.75, 3.05) is 20.2 Å². The molecule has 1 heterocycles. The molecule has 0 amide bonds. The van der Waals surface area contributed by atoms with Gasteiger partial charge in [-0.05, 0) is 76.7 Å². The minimum absolute atomic E-state index is 0.0397. The number of hydrogen-bond donors (Lipinski definition) is 1. The minimum Gasteiger partial charge on any atom is -0.489 e. The lowest BCUT2D eigenvalue weighted by Crippen LogP contribution is -2.44. The Morgan fingerprint density at radius 1 is 1.27 bits per heavy atom. The number of likely N-dealkylation sites (tertiary alicyclic amines) is 1. The summed E-state index contributed by atoms with van der Waals surface area (Å²) in [6, 6.07) is 6.78. The van der Waals surface area contributed by atoms with E-state index in [9.17, 15) is 5.11 Å². The number of aliphatic hydroxyl groups excluding tert-OH is 1. The Bertz CT molecular complexity index is 682. The maximum absolute atomic E-state index is 10.1. The summed E-state index contributed by atoms with van der Waals surface area (Å²) in [6.07, 6.45) is 8.39. The van der Waals surface area contributed by atoms with Crippen LogP contribution in [0.25, 0.3) is 0 Å². The average Bonchev–Trinajstić information content (AvgIpc) is 3.38. The van der Waals surface area contributed by atoms with E-state index >= 15 is 0 Å². The zero-order valence-electron chi connectivity index (χ0n) is 16.1. The first-order chi connectivity index (χ1) is 12.5. The fourth-order valence-corrected chi connectivity index (χ4v) is 4.44. The molecule has 1 saturated heterocycles. The molecule has 2 aliphatic carbocycles. The minimum atomic E-state index is -0.345. The number of hydrogen-bond acceptors (Lipinski definition) is 4. The van der Waals surface area contributed by atoms with Gasteiger partial charge in [-0.2, -0.15) is 0 Å². The van der Waals surface area contributed by atoms with Gasteiger partial charge in [0.05, 0.1) is 18.8 Å². The number of likely N-dealkylation sites (N-methyl/N-ethyl adjacent to an activating group) is 1. The van der Waals surface area contributed by atoms with Crippen LogP contribution in [0.2, 0.25) is 0 Å². The molecule has 0 spiro atoms. The van der Waals surface area contributed by atoms with Crippen molar-refractivity contribution in [3.8, 4) is 11.5 Å². The van der Waals surface area contributed by atoms with E-state index in [0.717, 1.165) is 37.5 Å². The molecular formula is C22H31NO3. The third-order valence-corrected chi connectivity index (χ3v) is 6.10. The molecule has 1 aromatic carbocycles. The van der Waals surface area contributed by atoms with Gasteiger partial charge in [0.2, 0.25) is 0 Å². The van der Waals surface area contributed by atoms with Crippen molar-refractivity contribution in [1.29, 1.82) is 0 Å². The van der Waals surface area contributed by atoms with Gasteiger partial charge in [0, 0.05) is 11.5 Å². The van der Waals surface area contributed by atoms with Crippen LogP contribution in [0, 0.1) is 5.92 Å². The second kappa shape index (κ2) is 6.90. The fourth-order valence-electron chi connectivity index (χ4n) is 4.44. The molecule has 2 fully saturated rings. The lowest BCUT2D eigenvalue weighted by Gasteiger charge is -2.39. The molecular weight excluding hydrogens is 326 g/mol. The van der Waals surface area contributed by atoms with E-state index in [-0.39, 0.29) is 17.6 Å². The van der Waals surface area contributed by atoms with Gasteiger partial charge in [0.15, 0.2) is 11.5 Å². The summed E-state index contributed by atoms with van der Waals surface area (Å²) in [6.45, 7) is 5.92. The standard InChI is InChI=1S/C22H31NO3/c1-15(2)26-19-7-6-17(12-20(19)25-14-16-4-5-16)22-9-8-18(24)13-21(22)23(3)11-10-22/h6-9,12,15-16,18,21,24H,4-5,10-11,13-14H2,1-3H3/t18-,21-,22-/m0/s1. The summed E-state index contributed by atoms with van der Waals surface area (Å²) in [4.78, 5) is 2.38. The van der Waals surface area contributed by atoms with Gasteiger partial charge in [-0.1, -0.05) is 18.2 Å². The summed E-state index contributed by atoms with van der Waals surface area (Å²) in [5.41, 5.74) is 1.24. The number of aliphatic hydroxyl groups is 1. The van der Waals surface area contributed by atoms with Crippen molar-refractivity contribution in [2.24, 2.45) is 5.92 Å². The van der Waals surface area contributed by atoms with E-state index in [1.54, 1.807) is 0 Å². The molecule has 4 heteroatoms. The van der Waals surface area contributed by atoms with Crippen molar-refractivity contribution in [1.82, 2.24) is 4.90 Å². The van der Waals surface area contributed by atoms with Crippen molar-refractivity contribution < 1.29 is 14.6 Å². The van der Waals surface area contributed by atoms with Gasteiger partial charge >= 0.3 is 0 Å². The zero-order chi connectivity index (χ0) is 18.3. The van der Waals surface area contributed by atoms with Crippen LogP contribution in [0.5, 0.6) is 11.5 Å². The van der Waals surface area contributed by atoms with E-state index in [1.807, 2.05) is 19.9 Å². The smallest absolute Gasteiger partial charge is 0.161 e. The molecule has 0 radical (unpaired) electrons. The normalized spacial score (nSPS) is 31.3. The van der Waals surface area contributed by atoms with Crippen LogP contribution >= 0.6 is 0 Å². The van der Waals surface area contributed by atoms with E-state index in [4.69, 9.17) is 9.47 Å². The Morgan fingerprint density at radius 2 is 2.08 bits per heavy atom. The van der Waals surface area contributed by atoms with E-state index in [1.165, 1.54) is 18.4 Å². The molecule has 0 unspecified atom stereocenters. The van der Waals surface area contributed by atoms with Crippen molar-refractivity contribution in [3.63, 3.8) is 0 Å². The number of benzene rings is 1. The Kier molecular flexibility index (Phi) is 4.74. The summed E-state index contributed by atoms with van der Waals surface area (Å²) < 4.78 is 12.2. The number of rotatable bonds is 6. The third-order valence-electron chi connectivity index (χ3n) is 6.10. The van der Waals surface area contributed by atoms with Gasteiger partial charge in [0.25, 0.3) is 0 Å². The van der Waals surface area contributed by atoms with Crippen LogP contribution in [-0.4, -0.2) is 48.5 Å². The van der Waals surface area contributed by atoms with Crippen molar-refractivity contribution >= 4 is 0 Å². The Hall–Kier alpha value is -1.52. The number of nitrogens with zero attached hydrogens (tertiary/aromatic N) is 1. The lowest BCUT2D eigenvalue weighted by atomic mass is 9.69. The number of fused-ring (bicyclic) bond motifs is 1. The van der Waals surface area contributed by atoms with Crippen molar-refractivity contribution in [3.05, 3.63) is 35.9 Å². The first-order valence-corrected chi connectivity index (χ1v) is 9.99. The molecule has 1 saturated carbocycles. The lowest BCUT2D eigenvalue weighted by molar-refractivity contribution is 0.137. The van der Waals surface area contributed by atoms with Gasteiger partial charge in [-0.15, -0.1) is 0 Å². The molecule has 4 rings (SSSR count). The predicted octanol–water partition coefficient (Wildman–Crippen LogP) is 3.53. The Labute approximate surface area is 156 Å². The number of ether oxygens (including phenoxy) is 2. The zero-order valence-corrected chi connectivity index (χ0v) is 16.1. The maximum atomic E-state index is 10.1. The van der Waals surface area contributed by atoms with Crippen LogP contribution < -0.4 is 9.47 Å². The molecule has 142 valence electrons. The maximum Gasteiger partial charge on any atom is 0.161 e. The highest BCUT2D eigenvalue weighted by atomic mass is 16.5. The quantitative estimate of drug-likeness (QED) is 0.791. The highest BCUT2D eigenvalue weighted by Gasteiger charge is 2.48. The SMILES string of the molecule is CC(C)Oc1ccc([C@@]23C=C[C@H](O)C[C@@H]2N(C)CC3)cc1OCC1CC1. The molecule has 3 atom stereocenters. The molecule has 0 bridgehead atoms. The molecule has 26 heavy (non-hydrogen) atoms. The van der Waals surface area contributed by atoms with Crippen LogP contribution in [0.15, 0.2) is 30.4 Å². The summed E-state index contributed by atoms with van der Waals surface area (Å²) >= 11 is 0. The van der Waals surface area contributed by atoms with Crippen LogP contribution in [0.3, 0.4) is 0 Å². The van der Waals surface area contributed by atoms with Gasteiger partial charge < -0.3 is 19.5 Å². The van der Waals surface area contributed by atoms with Gasteiger partial charge in [0.1, 0.15) is 0 Å². The fraction of sp³-hybridized carbons (Fsp3) is 0.636.